The Morgan fingerprint density at radius 1 is 1.31 bits per heavy atom. The summed E-state index contributed by atoms with van der Waals surface area (Å²) < 4.78 is 0. The maximum atomic E-state index is 3.65. The van der Waals surface area contributed by atoms with E-state index in [1.165, 1.54) is 43.1 Å². The molecule has 0 amide bonds. The number of nitrogens with one attached hydrogen (secondary N) is 2. The van der Waals surface area contributed by atoms with Gasteiger partial charge in [-0.3, -0.25) is 0 Å². The summed E-state index contributed by atoms with van der Waals surface area (Å²) >= 11 is 1.77. The molecule has 1 aromatic heterocycles. The number of thioether (sulfide) groups is 1. The molecule has 1 saturated heterocycles. The molecule has 90 valence electrons. The van der Waals surface area contributed by atoms with Crippen molar-refractivity contribution < 1.29 is 0 Å². The molecule has 0 unspecified atom stereocenters. The van der Waals surface area contributed by atoms with E-state index in [1.54, 1.807) is 11.8 Å². The summed E-state index contributed by atoms with van der Waals surface area (Å²) in [6.07, 6.45) is 6.12. The molecule has 16 heavy (non-hydrogen) atoms. The Hall–Kier alpha value is -0.670. The van der Waals surface area contributed by atoms with E-state index in [-0.39, 0.29) is 0 Å². The van der Waals surface area contributed by atoms with Crippen molar-refractivity contribution in [1.82, 2.24) is 10.3 Å². The van der Waals surface area contributed by atoms with E-state index in [2.05, 4.69) is 35.9 Å². The Kier molecular flexibility index (Phi) is 7.10. The maximum Gasteiger partial charge on any atom is 0.0726 e. The lowest BCUT2D eigenvalue weighted by Gasteiger charge is -2.08. The number of aromatic nitrogens is 1. The molecule has 2 N–H and O–H groups in total. The highest BCUT2D eigenvalue weighted by atomic mass is 32.2. The first-order valence-electron chi connectivity index (χ1n) is 5.93. The molecule has 0 spiro atoms. The zero-order valence-electron chi connectivity index (χ0n) is 10.1. The van der Waals surface area contributed by atoms with Crippen molar-refractivity contribution in [2.45, 2.75) is 31.2 Å². The molecule has 2 rings (SSSR count). The summed E-state index contributed by atoms with van der Waals surface area (Å²) in [5.74, 6) is 0.972. The fourth-order valence-electron chi connectivity index (χ4n) is 1.51. The van der Waals surface area contributed by atoms with E-state index in [0.29, 0.717) is 0 Å². The number of hydrogen-bond acceptors (Lipinski definition) is 2. The van der Waals surface area contributed by atoms with Crippen molar-refractivity contribution in [2.24, 2.45) is 0 Å². The molecule has 1 fully saturated rings. The van der Waals surface area contributed by atoms with Crippen molar-refractivity contribution in [1.29, 1.82) is 0 Å². The van der Waals surface area contributed by atoms with E-state index in [0.717, 1.165) is 5.75 Å². The second-order valence-corrected chi connectivity index (χ2v) is 4.98. The van der Waals surface area contributed by atoms with Gasteiger partial charge in [0, 0.05) is 11.4 Å². The Morgan fingerprint density at radius 2 is 2.06 bits per heavy atom. The lowest BCUT2D eigenvalue weighted by Crippen LogP contribution is -2.21. The van der Waals surface area contributed by atoms with Gasteiger partial charge in [0.1, 0.15) is 0 Å². The molecule has 0 atom stereocenters. The molecule has 0 aromatic carbocycles. The normalized spacial score (nSPS) is 15.1. The molecule has 3 heteroatoms. The number of rotatable bonds is 3. The van der Waals surface area contributed by atoms with Crippen LogP contribution in [-0.4, -0.2) is 23.8 Å². The van der Waals surface area contributed by atoms with Gasteiger partial charge in [-0.25, -0.2) is 0 Å². The maximum absolute atomic E-state index is 3.65. The van der Waals surface area contributed by atoms with E-state index in [4.69, 9.17) is 0 Å². The minimum atomic E-state index is 0.972. The van der Waals surface area contributed by atoms with Crippen LogP contribution in [0.5, 0.6) is 0 Å². The van der Waals surface area contributed by atoms with Gasteiger partial charge in [-0.15, -0.1) is 18.3 Å². The van der Waals surface area contributed by atoms with Crippen molar-refractivity contribution in [3.8, 4) is 0 Å². The Morgan fingerprint density at radius 3 is 2.44 bits per heavy atom. The summed E-state index contributed by atoms with van der Waals surface area (Å²) in [7, 11) is 0. The van der Waals surface area contributed by atoms with Crippen LogP contribution < -0.4 is 5.32 Å². The second kappa shape index (κ2) is 8.48. The summed E-state index contributed by atoms with van der Waals surface area (Å²) in [4.78, 5) is 3.23. The number of piperidine rings is 1. The van der Waals surface area contributed by atoms with Gasteiger partial charge in [-0.2, -0.15) is 0 Å². The molecule has 2 heterocycles. The predicted octanol–water partition coefficient (Wildman–Crippen LogP) is 3.36. The fraction of sp³-hybridized carbons (Fsp3) is 0.538. The zero-order valence-corrected chi connectivity index (χ0v) is 10.9. The van der Waals surface area contributed by atoms with Crippen LogP contribution in [0.1, 0.15) is 25.0 Å². The fourth-order valence-corrected chi connectivity index (χ4v) is 2.21. The van der Waals surface area contributed by atoms with Gasteiger partial charge in [0.25, 0.3) is 0 Å². The largest absolute Gasteiger partial charge is 0.354 e. The monoisotopic (exact) mass is 238 g/mol. The highest BCUT2D eigenvalue weighted by Gasteiger charge is 1.93. The van der Waals surface area contributed by atoms with Crippen LogP contribution >= 0.6 is 11.8 Å². The van der Waals surface area contributed by atoms with E-state index in [9.17, 15) is 0 Å². The van der Waals surface area contributed by atoms with Crippen LogP contribution in [0.3, 0.4) is 0 Å². The molecule has 0 saturated carbocycles. The van der Waals surface area contributed by atoms with Crippen molar-refractivity contribution in [3.63, 3.8) is 0 Å². The zero-order chi connectivity index (χ0) is 11.6. The van der Waals surface area contributed by atoms with Gasteiger partial charge in [0.05, 0.1) is 5.03 Å². The number of H-pyrrole nitrogens is 1. The van der Waals surface area contributed by atoms with Gasteiger partial charge < -0.3 is 10.3 Å². The summed E-state index contributed by atoms with van der Waals surface area (Å²) in [5, 5.41) is 4.50. The highest BCUT2D eigenvalue weighted by Crippen LogP contribution is 2.15. The minimum absolute atomic E-state index is 0.972. The van der Waals surface area contributed by atoms with E-state index < -0.39 is 0 Å². The summed E-state index contributed by atoms with van der Waals surface area (Å²) in [5.41, 5.74) is 1.21. The molecule has 2 nitrogen and oxygen atoms in total. The second-order valence-electron chi connectivity index (χ2n) is 3.92. The Labute approximate surface area is 103 Å². The van der Waals surface area contributed by atoms with Gasteiger partial charge in [-0.1, -0.05) is 12.5 Å². The van der Waals surface area contributed by atoms with Crippen LogP contribution in [0.2, 0.25) is 0 Å². The predicted molar refractivity (Wildman–Crippen MR) is 73.2 cm³/mol. The van der Waals surface area contributed by atoms with Crippen LogP contribution in [0.4, 0.5) is 0 Å². The minimum Gasteiger partial charge on any atom is -0.354 e. The van der Waals surface area contributed by atoms with Gasteiger partial charge in [0.2, 0.25) is 0 Å². The van der Waals surface area contributed by atoms with Gasteiger partial charge >= 0.3 is 0 Å². The van der Waals surface area contributed by atoms with Gasteiger partial charge in [-0.05, 0) is 45.0 Å². The third kappa shape index (κ3) is 6.03. The Balaban J connectivity index is 0.000000181. The van der Waals surface area contributed by atoms with Crippen molar-refractivity contribution >= 4 is 11.8 Å². The highest BCUT2D eigenvalue weighted by molar-refractivity contribution is 7.99. The third-order valence-corrected chi connectivity index (χ3v) is 3.32. The molecule has 0 bridgehead atoms. The first kappa shape index (κ1) is 13.4. The van der Waals surface area contributed by atoms with Crippen molar-refractivity contribution in [2.75, 3.05) is 18.8 Å². The van der Waals surface area contributed by atoms with Crippen LogP contribution in [-0.2, 0) is 0 Å². The van der Waals surface area contributed by atoms with Crippen LogP contribution in [0.15, 0.2) is 29.8 Å². The van der Waals surface area contributed by atoms with E-state index in [1.807, 2.05) is 6.08 Å². The van der Waals surface area contributed by atoms with Crippen LogP contribution in [0, 0.1) is 6.92 Å². The average molecular weight is 238 g/mol. The summed E-state index contributed by atoms with van der Waals surface area (Å²) in [6.45, 7) is 8.20. The van der Waals surface area contributed by atoms with Crippen LogP contribution in [0.25, 0.3) is 0 Å². The SMILES string of the molecule is C1CCNCC1.C=CCSc1ccc(C)[nH]1. The Bertz CT molecular complexity index is 278. The molecule has 1 aliphatic rings. The van der Waals surface area contributed by atoms with Gasteiger partial charge in [0.15, 0.2) is 0 Å². The lowest BCUT2D eigenvalue weighted by atomic mass is 10.2. The molecule has 1 aliphatic heterocycles. The molecular weight excluding hydrogens is 216 g/mol. The first-order chi connectivity index (χ1) is 7.83. The standard InChI is InChI=1S/C8H11NS.C5H11N/c1-3-6-10-8-5-4-7(2)9-8;1-2-4-6-5-3-1/h3-5,9H,1,6H2,2H3;6H,1-5H2. The van der Waals surface area contributed by atoms with E-state index >= 15 is 0 Å². The molecule has 1 aromatic rings. The number of aromatic amines is 1. The number of hydrogen-bond donors (Lipinski definition) is 2. The average Bonchev–Trinajstić information content (AvgIpc) is 2.76. The third-order valence-electron chi connectivity index (χ3n) is 2.37. The number of aryl methyl sites for hydroxylation is 1. The quantitative estimate of drug-likeness (QED) is 0.624. The molecule has 0 aliphatic carbocycles. The topological polar surface area (TPSA) is 27.8 Å². The molecule has 0 radical (unpaired) electrons. The summed E-state index contributed by atoms with van der Waals surface area (Å²) in [6, 6.07) is 4.16. The first-order valence-corrected chi connectivity index (χ1v) is 6.91. The van der Waals surface area contributed by atoms with Crippen molar-refractivity contribution in [3.05, 3.63) is 30.5 Å². The lowest BCUT2D eigenvalue weighted by molar-refractivity contribution is 0.520. The smallest absolute Gasteiger partial charge is 0.0726 e. The molecular formula is C13H22N2S.